The number of rotatable bonds is 9. The molecule has 4 heteroatoms. The summed E-state index contributed by atoms with van der Waals surface area (Å²) in [6, 6.07) is 0. The molecule has 3 N–H and O–H groups in total. The van der Waals surface area contributed by atoms with E-state index in [0.29, 0.717) is 19.0 Å². The SMILES string of the molecule is CC(CO)CCCNC(=O)CNCC1CC1. The second-order valence-electron chi connectivity index (χ2n) is 4.85. The lowest BCUT2D eigenvalue weighted by atomic mass is 10.1. The number of carbonyl (C=O) groups is 1. The van der Waals surface area contributed by atoms with Gasteiger partial charge in [0.2, 0.25) is 5.91 Å². The van der Waals surface area contributed by atoms with E-state index in [-0.39, 0.29) is 12.5 Å². The molecule has 1 fully saturated rings. The van der Waals surface area contributed by atoms with E-state index >= 15 is 0 Å². The summed E-state index contributed by atoms with van der Waals surface area (Å²) >= 11 is 0. The van der Waals surface area contributed by atoms with Gasteiger partial charge in [0, 0.05) is 13.2 Å². The Kier molecular flexibility index (Phi) is 6.42. The lowest BCUT2D eigenvalue weighted by Crippen LogP contribution is -2.35. The van der Waals surface area contributed by atoms with Crippen molar-refractivity contribution in [1.82, 2.24) is 10.6 Å². The van der Waals surface area contributed by atoms with Crippen molar-refractivity contribution in [3.05, 3.63) is 0 Å². The molecule has 0 aliphatic heterocycles. The van der Waals surface area contributed by atoms with Gasteiger partial charge in [0.05, 0.1) is 6.54 Å². The van der Waals surface area contributed by atoms with Crippen LogP contribution < -0.4 is 10.6 Å². The van der Waals surface area contributed by atoms with Crippen molar-refractivity contribution in [3.8, 4) is 0 Å². The number of hydrogen-bond donors (Lipinski definition) is 3. The Morgan fingerprint density at radius 2 is 2.25 bits per heavy atom. The minimum atomic E-state index is 0.0808. The lowest BCUT2D eigenvalue weighted by Gasteiger charge is -2.08. The molecule has 0 radical (unpaired) electrons. The average Bonchev–Trinajstić information content (AvgIpc) is 3.08. The van der Waals surface area contributed by atoms with E-state index in [1.54, 1.807) is 0 Å². The molecule has 0 aromatic heterocycles. The fourth-order valence-corrected chi connectivity index (χ4v) is 1.54. The van der Waals surface area contributed by atoms with Crippen molar-refractivity contribution in [1.29, 1.82) is 0 Å². The fraction of sp³-hybridized carbons (Fsp3) is 0.917. The number of aliphatic hydroxyl groups is 1. The van der Waals surface area contributed by atoms with Crippen LogP contribution in [-0.2, 0) is 4.79 Å². The molecule has 0 aromatic rings. The van der Waals surface area contributed by atoms with Crippen LogP contribution in [0.2, 0.25) is 0 Å². The molecule has 16 heavy (non-hydrogen) atoms. The second kappa shape index (κ2) is 7.63. The molecular formula is C12H24N2O2. The van der Waals surface area contributed by atoms with Gasteiger partial charge in [-0.05, 0) is 44.1 Å². The van der Waals surface area contributed by atoms with E-state index in [4.69, 9.17) is 5.11 Å². The van der Waals surface area contributed by atoms with Crippen LogP contribution in [0.15, 0.2) is 0 Å². The minimum absolute atomic E-state index is 0.0808. The van der Waals surface area contributed by atoms with Crippen LogP contribution in [0, 0.1) is 11.8 Å². The zero-order valence-electron chi connectivity index (χ0n) is 10.2. The van der Waals surface area contributed by atoms with Crippen molar-refractivity contribution in [2.45, 2.75) is 32.6 Å². The normalized spacial score (nSPS) is 17.1. The first kappa shape index (κ1) is 13.5. The van der Waals surface area contributed by atoms with Gasteiger partial charge in [0.15, 0.2) is 0 Å². The highest BCUT2D eigenvalue weighted by Gasteiger charge is 2.20. The van der Waals surface area contributed by atoms with Gasteiger partial charge in [-0.3, -0.25) is 4.79 Å². The van der Waals surface area contributed by atoms with Crippen LogP contribution in [-0.4, -0.2) is 37.3 Å². The first-order valence-electron chi connectivity index (χ1n) is 6.30. The summed E-state index contributed by atoms with van der Waals surface area (Å²) in [5.74, 6) is 1.24. The Labute approximate surface area is 97.8 Å². The van der Waals surface area contributed by atoms with E-state index in [0.717, 1.165) is 25.3 Å². The number of hydrogen-bond acceptors (Lipinski definition) is 3. The molecular weight excluding hydrogens is 204 g/mol. The molecule has 1 rings (SSSR count). The maximum Gasteiger partial charge on any atom is 0.233 e. The summed E-state index contributed by atoms with van der Waals surface area (Å²) in [6.07, 6.45) is 4.53. The molecule has 1 unspecified atom stereocenters. The smallest absolute Gasteiger partial charge is 0.233 e. The topological polar surface area (TPSA) is 61.4 Å². The lowest BCUT2D eigenvalue weighted by molar-refractivity contribution is -0.120. The molecule has 1 atom stereocenters. The van der Waals surface area contributed by atoms with Gasteiger partial charge in [-0.2, -0.15) is 0 Å². The third-order valence-corrected chi connectivity index (χ3v) is 2.92. The van der Waals surface area contributed by atoms with E-state index in [9.17, 15) is 4.79 Å². The van der Waals surface area contributed by atoms with Crippen LogP contribution in [0.1, 0.15) is 32.6 Å². The summed E-state index contributed by atoms with van der Waals surface area (Å²) in [5, 5.41) is 14.8. The molecule has 1 aliphatic carbocycles. The highest BCUT2D eigenvalue weighted by Crippen LogP contribution is 2.27. The summed E-state index contributed by atoms with van der Waals surface area (Å²) in [5.41, 5.74) is 0. The van der Waals surface area contributed by atoms with Gasteiger partial charge < -0.3 is 15.7 Å². The van der Waals surface area contributed by atoms with Crippen molar-refractivity contribution < 1.29 is 9.90 Å². The first-order valence-corrected chi connectivity index (χ1v) is 6.30. The van der Waals surface area contributed by atoms with Crippen LogP contribution >= 0.6 is 0 Å². The largest absolute Gasteiger partial charge is 0.396 e. The number of nitrogens with one attached hydrogen (secondary N) is 2. The number of aliphatic hydroxyl groups excluding tert-OH is 1. The third-order valence-electron chi connectivity index (χ3n) is 2.92. The van der Waals surface area contributed by atoms with Gasteiger partial charge in [-0.25, -0.2) is 0 Å². The zero-order valence-corrected chi connectivity index (χ0v) is 10.2. The van der Waals surface area contributed by atoms with Crippen LogP contribution in [0.25, 0.3) is 0 Å². The van der Waals surface area contributed by atoms with E-state index in [1.807, 2.05) is 6.92 Å². The highest BCUT2D eigenvalue weighted by molar-refractivity contribution is 5.77. The third kappa shape index (κ3) is 6.80. The zero-order chi connectivity index (χ0) is 11.8. The van der Waals surface area contributed by atoms with Gasteiger partial charge >= 0.3 is 0 Å². The molecule has 0 spiro atoms. The molecule has 0 heterocycles. The van der Waals surface area contributed by atoms with Crippen molar-refractivity contribution in [2.24, 2.45) is 11.8 Å². The predicted octanol–water partition coefficient (Wildman–Crippen LogP) is 0.511. The molecule has 0 bridgehead atoms. The monoisotopic (exact) mass is 228 g/mol. The van der Waals surface area contributed by atoms with Crippen LogP contribution in [0.3, 0.4) is 0 Å². The fourth-order valence-electron chi connectivity index (χ4n) is 1.54. The Balaban J connectivity index is 1.85. The Morgan fingerprint density at radius 1 is 1.50 bits per heavy atom. The summed E-state index contributed by atoms with van der Waals surface area (Å²) in [6.45, 7) is 4.38. The standard InChI is InChI=1S/C12H24N2O2/c1-10(9-15)3-2-6-14-12(16)8-13-7-11-4-5-11/h10-11,13,15H,2-9H2,1H3,(H,14,16). The summed E-state index contributed by atoms with van der Waals surface area (Å²) < 4.78 is 0. The number of amides is 1. The molecule has 94 valence electrons. The number of carbonyl (C=O) groups excluding carboxylic acids is 1. The van der Waals surface area contributed by atoms with Crippen molar-refractivity contribution in [3.63, 3.8) is 0 Å². The summed E-state index contributed by atoms with van der Waals surface area (Å²) in [4.78, 5) is 11.3. The van der Waals surface area contributed by atoms with Crippen LogP contribution in [0.5, 0.6) is 0 Å². The predicted molar refractivity (Wildman–Crippen MR) is 64.1 cm³/mol. The second-order valence-corrected chi connectivity index (χ2v) is 4.85. The van der Waals surface area contributed by atoms with Crippen molar-refractivity contribution >= 4 is 5.91 Å². The van der Waals surface area contributed by atoms with E-state index in [1.165, 1.54) is 12.8 Å². The van der Waals surface area contributed by atoms with Crippen molar-refractivity contribution in [2.75, 3.05) is 26.2 Å². The first-order chi connectivity index (χ1) is 7.72. The van der Waals surface area contributed by atoms with Gasteiger partial charge in [-0.15, -0.1) is 0 Å². The molecule has 1 saturated carbocycles. The van der Waals surface area contributed by atoms with E-state index < -0.39 is 0 Å². The molecule has 0 aromatic carbocycles. The average molecular weight is 228 g/mol. The Hall–Kier alpha value is -0.610. The van der Waals surface area contributed by atoms with Gasteiger partial charge in [0.1, 0.15) is 0 Å². The maximum atomic E-state index is 11.3. The van der Waals surface area contributed by atoms with E-state index in [2.05, 4.69) is 10.6 Å². The molecule has 4 nitrogen and oxygen atoms in total. The van der Waals surface area contributed by atoms with Gasteiger partial charge in [-0.1, -0.05) is 6.92 Å². The highest BCUT2D eigenvalue weighted by atomic mass is 16.3. The van der Waals surface area contributed by atoms with Gasteiger partial charge in [0.25, 0.3) is 0 Å². The maximum absolute atomic E-state index is 11.3. The molecule has 0 saturated heterocycles. The molecule has 1 aliphatic rings. The quantitative estimate of drug-likeness (QED) is 0.504. The molecule has 1 amide bonds. The Bertz CT molecular complexity index is 205. The summed E-state index contributed by atoms with van der Waals surface area (Å²) in [7, 11) is 0. The minimum Gasteiger partial charge on any atom is -0.396 e. The Morgan fingerprint density at radius 3 is 2.88 bits per heavy atom. The van der Waals surface area contributed by atoms with Crippen LogP contribution in [0.4, 0.5) is 0 Å².